The van der Waals surface area contributed by atoms with E-state index < -0.39 is 5.60 Å². The van der Waals surface area contributed by atoms with Gasteiger partial charge in [0.15, 0.2) is 0 Å². The third-order valence-corrected chi connectivity index (χ3v) is 4.03. The van der Waals surface area contributed by atoms with Gasteiger partial charge in [0, 0.05) is 25.3 Å². The van der Waals surface area contributed by atoms with E-state index in [9.17, 15) is 9.90 Å². The number of rotatable bonds is 7. The molecular formula is C18H25N3O3. The van der Waals surface area contributed by atoms with Gasteiger partial charge in [-0.25, -0.2) is 4.79 Å². The van der Waals surface area contributed by atoms with Crippen LogP contribution in [0.1, 0.15) is 19.6 Å². The fourth-order valence-electron chi connectivity index (χ4n) is 2.28. The van der Waals surface area contributed by atoms with Gasteiger partial charge in [-0.1, -0.05) is 18.2 Å². The molecule has 1 aromatic carbocycles. The molecule has 2 aromatic rings. The molecule has 2 atom stereocenters. The standard InChI is InChI=1S/C18H25N3O3/c1-14(21(3)15-8-5-4-6-9-15)12-19-17(22)20-13-18(2,23)16-10-7-11-24-16/h4-11,14,23H,12-13H2,1-3H3,(H2,19,20,22)/t14-,18-/m1/s1. The molecule has 6 nitrogen and oxygen atoms in total. The summed E-state index contributed by atoms with van der Waals surface area (Å²) in [6, 6.07) is 13.2. The molecule has 3 N–H and O–H groups in total. The van der Waals surface area contributed by atoms with Crippen molar-refractivity contribution in [2.24, 2.45) is 0 Å². The van der Waals surface area contributed by atoms with Gasteiger partial charge < -0.3 is 25.1 Å². The molecule has 1 aromatic heterocycles. The van der Waals surface area contributed by atoms with Crippen molar-refractivity contribution in [1.82, 2.24) is 10.6 Å². The van der Waals surface area contributed by atoms with Crippen LogP contribution in [0.15, 0.2) is 53.1 Å². The maximum absolute atomic E-state index is 11.9. The first-order valence-electron chi connectivity index (χ1n) is 7.96. The van der Waals surface area contributed by atoms with Crippen LogP contribution in [0.3, 0.4) is 0 Å². The zero-order valence-electron chi connectivity index (χ0n) is 14.3. The highest BCUT2D eigenvalue weighted by Crippen LogP contribution is 2.19. The number of hydrogen-bond donors (Lipinski definition) is 3. The number of carbonyl (C=O) groups is 1. The van der Waals surface area contributed by atoms with Crippen molar-refractivity contribution >= 4 is 11.7 Å². The number of amides is 2. The molecule has 0 spiro atoms. The van der Waals surface area contributed by atoms with Crippen molar-refractivity contribution in [3.05, 3.63) is 54.5 Å². The molecule has 2 amide bonds. The van der Waals surface area contributed by atoms with E-state index in [1.807, 2.05) is 44.3 Å². The molecule has 0 radical (unpaired) electrons. The predicted molar refractivity (Wildman–Crippen MR) is 94.0 cm³/mol. The van der Waals surface area contributed by atoms with Crippen molar-refractivity contribution < 1.29 is 14.3 Å². The summed E-state index contributed by atoms with van der Waals surface area (Å²) in [7, 11) is 1.99. The SMILES string of the molecule is C[C@H](CNC(=O)NC[C@@](C)(O)c1ccco1)N(C)c1ccccc1. The highest BCUT2D eigenvalue weighted by atomic mass is 16.4. The molecule has 0 saturated carbocycles. The number of likely N-dealkylation sites (N-methyl/N-ethyl adjacent to an activating group) is 1. The monoisotopic (exact) mass is 331 g/mol. The average molecular weight is 331 g/mol. The fraction of sp³-hybridized carbons (Fsp3) is 0.389. The first-order valence-corrected chi connectivity index (χ1v) is 7.96. The summed E-state index contributed by atoms with van der Waals surface area (Å²) < 4.78 is 5.18. The normalized spacial score (nSPS) is 14.5. The summed E-state index contributed by atoms with van der Waals surface area (Å²) >= 11 is 0. The quantitative estimate of drug-likeness (QED) is 0.727. The number of nitrogens with zero attached hydrogens (tertiary/aromatic N) is 1. The van der Waals surface area contributed by atoms with Gasteiger partial charge in [0.2, 0.25) is 0 Å². The van der Waals surface area contributed by atoms with Gasteiger partial charge in [-0.15, -0.1) is 0 Å². The topological polar surface area (TPSA) is 77.7 Å². The van der Waals surface area contributed by atoms with E-state index in [2.05, 4.69) is 15.5 Å². The molecule has 0 fully saturated rings. The van der Waals surface area contributed by atoms with Gasteiger partial charge in [-0.3, -0.25) is 0 Å². The summed E-state index contributed by atoms with van der Waals surface area (Å²) in [5.41, 5.74) is -0.152. The summed E-state index contributed by atoms with van der Waals surface area (Å²) in [6.07, 6.45) is 1.49. The molecule has 2 rings (SSSR count). The Kier molecular flexibility index (Phi) is 5.87. The number of aliphatic hydroxyl groups is 1. The second kappa shape index (κ2) is 7.88. The van der Waals surface area contributed by atoms with Gasteiger partial charge in [-0.2, -0.15) is 0 Å². The van der Waals surface area contributed by atoms with Gasteiger partial charge in [0.05, 0.1) is 12.8 Å². The van der Waals surface area contributed by atoms with Crippen molar-refractivity contribution in [3.63, 3.8) is 0 Å². The number of para-hydroxylation sites is 1. The van der Waals surface area contributed by atoms with Gasteiger partial charge in [0.25, 0.3) is 0 Å². The van der Waals surface area contributed by atoms with E-state index in [4.69, 9.17) is 4.42 Å². The first kappa shape index (κ1) is 17.9. The van der Waals surface area contributed by atoms with Crippen molar-refractivity contribution in [2.45, 2.75) is 25.5 Å². The van der Waals surface area contributed by atoms with Gasteiger partial charge >= 0.3 is 6.03 Å². The molecular weight excluding hydrogens is 306 g/mol. The number of nitrogens with one attached hydrogen (secondary N) is 2. The summed E-state index contributed by atoms with van der Waals surface area (Å²) in [6.45, 7) is 4.18. The minimum absolute atomic E-state index is 0.0647. The lowest BCUT2D eigenvalue weighted by Gasteiger charge is -2.27. The molecule has 0 aliphatic rings. The third kappa shape index (κ3) is 4.76. The Morgan fingerprint density at radius 3 is 2.58 bits per heavy atom. The van der Waals surface area contributed by atoms with Crippen LogP contribution in [0.25, 0.3) is 0 Å². The van der Waals surface area contributed by atoms with E-state index in [1.54, 1.807) is 19.1 Å². The zero-order chi connectivity index (χ0) is 17.6. The minimum atomic E-state index is -1.24. The van der Waals surface area contributed by atoms with E-state index in [-0.39, 0.29) is 18.6 Å². The molecule has 1 heterocycles. The van der Waals surface area contributed by atoms with E-state index in [1.165, 1.54) is 6.26 Å². The molecule has 0 bridgehead atoms. The Morgan fingerprint density at radius 2 is 1.96 bits per heavy atom. The Balaban J connectivity index is 1.77. The molecule has 0 saturated heterocycles. The average Bonchev–Trinajstić information content (AvgIpc) is 3.13. The third-order valence-electron chi connectivity index (χ3n) is 4.03. The Labute approximate surface area is 142 Å². The van der Waals surface area contributed by atoms with Gasteiger partial charge in [0.1, 0.15) is 11.4 Å². The van der Waals surface area contributed by atoms with Crippen LogP contribution in [-0.4, -0.2) is 37.3 Å². The second-order valence-corrected chi connectivity index (χ2v) is 6.11. The second-order valence-electron chi connectivity index (χ2n) is 6.11. The largest absolute Gasteiger partial charge is 0.466 e. The Bertz CT molecular complexity index is 626. The van der Waals surface area contributed by atoms with Crippen LogP contribution >= 0.6 is 0 Å². The molecule has 130 valence electrons. The first-order chi connectivity index (χ1) is 11.4. The maximum atomic E-state index is 11.9. The number of carbonyl (C=O) groups excluding carboxylic acids is 1. The molecule has 0 aliphatic heterocycles. The minimum Gasteiger partial charge on any atom is -0.466 e. The number of urea groups is 1. The fourth-order valence-corrected chi connectivity index (χ4v) is 2.28. The van der Waals surface area contributed by atoms with Crippen LogP contribution in [-0.2, 0) is 5.60 Å². The van der Waals surface area contributed by atoms with E-state index in [0.29, 0.717) is 12.3 Å². The number of benzene rings is 1. The van der Waals surface area contributed by atoms with E-state index in [0.717, 1.165) is 5.69 Å². The van der Waals surface area contributed by atoms with Crippen LogP contribution in [0.2, 0.25) is 0 Å². The Morgan fingerprint density at radius 1 is 1.25 bits per heavy atom. The highest BCUT2D eigenvalue weighted by molar-refractivity contribution is 5.74. The highest BCUT2D eigenvalue weighted by Gasteiger charge is 2.26. The Hall–Kier alpha value is -2.47. The lowest BCUT2D eigenvalue weighted by Crippen LogP contribution is -2.47. The van der Waals surface area contributed by atoms with Crippen LogP contribution < -0.4 is 15.5 Å². The van der Waals surface area contributed by atoms with E-state index >= 15 is 0 Å². The number of anilines is 1. The predicted octanol–water partition coefficient (Wildman–Crippen LogP) is 2.31. The van der Waals surface area contributed by atoms with Crippen LogP contribution in [0.4, 0.5) is 10.5 Å². The molecule has 6 heteroatoms. The molecule has 0 aliphatic carbocycles. The van der Waals surface area contributed by atoms with Crippen LogP contribution in [0, 0.1) is 0 Å². The lowest BCUT2D eigenvalue weighted by atomic mass is 10.0. The van der Waals surface area contributed by atoms with Gasteiger partial charge in [-0.05, 0) is 38.1 Å². The number of furan rings is 1. The summed E-state index contributed by atoms with van der Waals surface area (Å²) in [4.78, 5) is 14.0. The van der Waals surface area contributed by atoms with Crippen molar-refractivity contribution in [1.29, 1.82) is 0 Å². The van der Waals surface area contributed by atoms with Crippen molar-refractivity contribution in [2.75, 3.05) is 25.0 Å². The maximum Gasteiger partial charge on any atom is 0.314 e. The zero-order valence-corrected chi connectivity index (χ0v) is 14.3. The number of hydrogen-bond acceptors (Lipinski definition) is 4. The summed E-state index contributed by atoms with van der Waals surface area (Å²) in [5, 5.41) is 15.8. The lowest BCUT2D eigenvalue weighted by molar-refractivity contribution is 0.0367. The van der Waals surface area contributed by atoms with Crippen molar-refractivity contribution in [3.8, 4) is 0 Å². The summed E-state index contributed by atoms with van der Waals surface area (Å²) in [5.74, 6) is 0.417. The smallest absolute Gasteiger partial charge is 0.314 e. The molecule has 24 heavy (non-hydrogen) atoms. The van der Waals surface area contributed by atoms with Crippen LogP contribution in [0.5, 0.6) is 0 Å². The molecule has 0 unspecified atom stereocenters.